The Morgan fingerprint density at radius 1 is 1.00 bits per heavy atom. The van der Waals surface area contributed by atoms with Gasteiger partial charge in [-0.1, -0.05) is 30.3 Å². The van der Waals surface area contributed by atoms with Gasteiger partial charge < -0.3 is 9.64 Å². The molecule has 0 unspecified atom stereocenters. The van der Waals surface area contributed by atoms with Crippen LogP contribution in [0, 0.1) is 0 Å². The number of nitrogens with zero attached hydrogens (tertiary/aromatic N) is 2. The number of para-hydroxylation sites is 3. The van der Waals surface area contributed by atoms with Crippen molar-refractivity contribution in [1.29, 1.82) is 0 Å². The minimum Gasteiger partial charge on any atom is -0.492 e. The molecule has 0 N–H and O–H groups in total. The van der Waals surface area contributed by atoms with Crippen LogP contribution >= 0.6 is 0 Å². The summed E-state index contributed by atoms with van der Waals surface area (Å²) in [5.41, 5.74) is 1.24. The van der Waals surface area contributed by atoms with Crippen molar-refractivity contribution in [2.75, 3.05) is 35.2 Å². The highest BCUT2D eigenvalue weighted by atomic mass is 32.2. The fourth-order valence-electron chi connectivity index (χ4n) is 2.85. The summed E-state index contributed by atoms with van der Waals surface area (Å²) in [6.45, 7) is 4.71. The SMILES string of the molecule is CCOc1ccccc1N(CCC(=O)N(CC)c1ccccc1)S(C)(=O)=O. The topological polar surface area (TPSA) is 66.9 Å². The minimum atomic E-state index is -3.57. The zero-order valence-electron chi connectivity index (χ0n) is 16.0. The number of hydrogen-bond acceptors (Lipinski definition) is 4. The van der Waals surface area contributed by atoms with Crippen LogP contribution in [0.1, 0.15) is 20.3 Å². The van der Waals surface area contributed by atoms with E-state index in [0.29, 0.717) is 24.6 Å². The summed E-state index contributed by atoms with van der Waals surface area (Å²) in [5, 5.41) is 0. The van der Waals surface area contributed by atoms with Gasteiger partial charge >= 0.3 is 0 Å². The van der Waals surface area contributed by atoms with E-state index in [9.17, 15) is 13.2 Å². The maximum Gasteiger partial charge on any atom is 0.232 e. The van der Waals surface area contributed by atoms with Crippen molar-refractivity contribution < 1.29 is 17.9 Å². The van der Waals surface area contributed by atoms with Gasteiger partial charge in [-0.3, -0.25) is 9.10 Å². The van der Waals surface area contributed by atoms with Crippen LogP contribution < -0.4 is 13.9 Å². The molecule has 27 heavy (non-hydrogen) atoms. The van der Waals surface area contributed by atoms with Crippen LogP contribution in [0.3, 0.4) is 0 Å². The highest BCUT2D eigenvalue weighted by molar-refractivity contribution is 7.92. The van der Waals surface area contributed by atoms with Crippen molar-refractivity contribution in [3.63, 3.8) is 0 Å². The number of rotatable bonds is 9. The predicted molar refractivity (Wildman–Crippen MR) is 109 cm³/mol. The Kier molecular flexibility index (Phi) is 7.24. The van der Waals surface area contributed by atoms with Crippen LogP contribution in [0.2, 0.25) is 0 Å². The Bertz CT molecular complexity index is 853. The van der Waals surface area contributed by atoms with E-state index in [2.05, 4.69) is 0 Å². The molecule has 0 fully saturated rings. The monoisotopic (exact) mass is 390 g/mol. The zero-order chi connectivity index (χ0) is 19.9. The van der Waals surface area contributed by atoms with E-state index >= 15 is 0 Å². The van der Waals surface area contributed by atoms with Crippen LogP contribution in [-0.2, 0) is 14.8 Å². The van der Waals surface area contributed by atoms with E-state index in [1.54, 1.807) is 29.2 Å². The van der Waals surface area contributed by atoms with Crippen LogP contribution in [0.25, 0.3) is 0 Å². The zero-order valence-corrected chi connectivity index (χ0v) is 16.8. The van der Waals surface area contributed by atoms with Gasteiger partial charge in [-0.2, -0.15) is 0 Å². The third-order valence-electron chi connectivity index (χ3n) is 4.05. The normalized spacial score (nSPS) is 11.1. The Balaban J connectivity index is 2.22. The van der Waals surface area contributed by atoms with Crippen molar-refractivity contribution in [3.8, 4) is 5.75 Å². The van der Waals surface area contributed by atoms with Crippen LogP contribution in [-0.4, -0.2) is 40.3 Å². The maximum absolute atomic E-state index is 12.7. The number of ether oxygens (including phenoxy) is 1. The molecule has 2 aromatic carbocycles. The molecular formula is C20H26N2O4S. The van der Waals surface area contributed by atoms with Gasteiger partial charge in [0.1, 0.15) is 5.75 Å². The van der Waals surface area contributed by atoms with Gasteiger partial charge in [-0.25, -0.2) is 8.42 Å². The fraction of sp³-hybridized carbons (Fsp3) is 0.350. The standard InChI is InChI=1S/C20H26N2O4S/c1-4-21(17-11-7-6-8-12-17)20(23)15-16-22(27(3,24)25)18-13-9-10-14-19(18)26-5-2/h6-14H,4-5,15-16H2,1-3H3. The molecule has 0 saturated heterocycles. The molecule has 6 nitrogen and oxygen atoms in total. The molecular weight excluding hydrogens is 364 g/mol. The smallest absolute Gasteiger partial charge is 0.232 e. The molecule has 0 aliphatic heterocycles. The number of carbonyl (C=O) groups is 1. The van der Waals surface area contributed by atoms with Crippen LogP contribution in [0.15, 0.2) is 54.6 Å². The molecule has 0 aliphatic carbocycles. The molecule has 0 atom stereocenters. The van der Waals surface area contributed by atoms with Crippen LogP contribution in [0.4, 0.5) is 11.4 Å². The summed E-state index contributed by atoms with van der Waals surface area (Å²) in [6.07, 6.45) is 1.20. The molecule has 2 rings (SSSR count). The molecule has 0 heterocycles. The van der Waals surface area contributed by atoms with E-state index in [-0.39, 0.29) is 18.9 Å². The second-order valence-electron chi connectivity index (χ2n) is 5.96. The van der Waals surface area contributed by atoms with Gasteiger partial charge in [-0.15, -0.1) is 0 Å². The van der Waals surface area contributed by atoms with Gasteiger partial charge in [0.05, 0.1) is 18.6 Å². The molecule has 7 heteroatoms. The number of hydrogen-bond donors (Lipinski definition) is 0. The van der Waals surface area contributed by atoms with Crippen molar-refractivity contribution in [3.05, 3.63) is 54.6 Å². The Labute approximate surface area is 161 Å². The van der Waals surface area contributed by atoms with Crippen LogP contribution in [0.5, 0.6) is 5.75 Å². The summed E-state index contributed by atoms with van der Waals surface area (Å²) >= 11 is 0. The molecule has 0 radical (unpaired) electrons. The first kappa shape index (κ1) is 20.8. The average molecular weight is 391 g/mol. The number of carbonyl (C=O) groups excluding carboxylic acids is 1. The summed E-state index contributed by atoms with van der Waals surface area (Å²) in [7, 11) is -3.57. The molecule has 0 bridgehead atoms. The molecule has 146 valence electrons. The first-order valence-electron chi connectivity index (χ1n) is 8.93. The molecule has 0 saturated carbocycles. The number of amides is 1. The summed E-state index contributed by atoms with van der Waals surface area (Å²) in [4.78, 5) is 14.4. The summed E-state index contributed by atoms with van der Waals surface area (Å²) in [5.74, 6) is 0.347. The van der Waals surface area contributed by atoms with Gasteiger partial charge in [-0.05, 0) is 38.1 Å². The third kappa shape index (κ3) is 5.47. The largest absolute Gasteiger partial charge is 0.492 e. The quantitative estimate of drug-likeness (QED) is 0.659. The molecule has 2 aromatic rings. The average Bonchev–Trinajstić information content (AvgIpc) is 2.64. The predicted octanol–water partition coefficient (Wildman–Crippen LogP) is 3.29. The highest BCUT2D eigenvalue weighted by Crippen LogP contribution is 2.30. The first-order chi connectivity index (χ1) is 12.9. The van der Waals surface area contributed by atoms with E-state index in [1.807, 2.05) is 44.2 Å². The lowest BCUT2D eigenvalue weighted by atomic mass is 10.2. The second kappa shape index (κ2) is 9.41. The van der Waals surface area contributed by atoms with E-state index in [4.69, 9.17) is 4.74 Å². The van der Waals surface area contributed by atoms with Gasteiger partial charge in [0, 0.05) is 25.2 Å². The highest BCUT2D eigenvalue weighted by Gasteiger charge is 2.23. The summed E-state index contributed by atoms with van der Waals surface area (Å²) < 4.78 is 31.5. The van der Waals surface area contributed by atoms with Crippen molar-refractivity contribution >= 4 is 27.3 Å². The van der Waals surface area contributed by atoms with E-state index in [0.717, 1.165) is 11.9 Å². The lowest BCUT2D eigenvalue weighted by molar-refractivity contribution is -0.118. The number of sulfonamides is 1. The third-order valence-corrected chi connectivity index (χ3v) is 5.23. The maximum atomic E-state index is 12.7. The van der Waals surface area contributed by atoms with E-state index < -0.39 is 10.0 Å². The minimum absolute atomic E-state index is 0.0467. The fourth-order valence-corrected chi connectivity index (χ4v) is 3.78. The van der Waals surface area contributed by atoms with E-state index in [1.165, 1.54) is 4.31 Å². The molecule has 1 amide bonds. The molecule has 0 aliphatic rings. The Hall–Kier alpha value is -2.54. The Morgan fingerprint density at radius 3 is 2.22 bits per heavy atom. The van der Waals surface area contributed by atoms with Gasteiger partial charge in [0.2, 0.25) is 15.9 Å². The van der Waals surface area contributed by atoms with Crippen molar-refractivity contribution in [2.45, 2.75) is 20.3 Å². The van der Waals surface area contributed by atoms with Gasteiger partial charge in [0.25, 0.3) is 0 Å². The Morgan fingerprint density at radius 2 is 1.63 bits per heavy atom. The summed E-state index contributed by atoms with van der Waals surface area (Å²) in [6, 6.07) is 16.3. The number of anilines is 2. The van der Waals surface area contributed by atoms with Crippen molar-refractivity contribution in [1.82, 2.24) is 0 Å². The molecule has 0 aromatic heterocycles. The first-order valence-corrected chi connectivity index (χ1v) is 10.8. The number of benzene rings is 2. The molecule has 0 spiro atoms. The van der Waals surface area contributed by atoms with Crippen molar-refractivity contribution in [2.24, 2.45) is 0 Å². The lowest BCUT2D eigenvalue weighted by Crippen LogP contribution is -2.37. The lowest BCUT2D eigenvalue weighted by Gasteiger charge is -2.26. The van der Waals surface area contributed by atoms with Gasteiger partial charge in [0.15, 0.2) is 0 Å². The second-order valence-corrected chi connectivity index (χ2v) is 7.87.